The SMILES string of the molecule is CC(O)CNc1nc(-c2ccsc2)nc2ccccc12. The van der Waals surface area contributed by atoms with Crippen LogP contribution in [0.4, 0.5) is 5.82 Å². The first-order valence-corrected chi connectivity index (χ1v) is 7.39. The Hall–Kier alpha value is -1.98. The highest BCUT2D eigenvalue weighted by Gasteiger charge is 2.09. The van der Waals surface area contributed by atoms with Crippen LogP contribution in [0.5, 0.6) is 0 Å². The lowest BCUT2D eigenvalue weighted by molar-refractivity contribution is 0.208. The lowest BCUT2D eigenvalue weighted by atomic mass is 10.2. The number of hydrogen-bond donors (Lipinski definition) is 2. The fourth-order valence-electron chi connectivity index (χ4n) is 1.98. The number of nitrogens with zero attached hydrogens (tertiary/aromatic N) is 2. The molecule has 0 saturated carbocycles. The van der Waals surface area contributed by atoms with Crippen molar-refractivity contribution in [2.75, 3.05) is 11.9 Å². The fraction of sp³-hybridized carbons (Fsp3) is 0.200. The smallest absolute Gasteiger partial charge is 0.162 e. The van der Waals surface area contributed by atoms with Gasteiger partial charge in [-0.3, -0.25) is 0 Å². The van der Waals surface area contributed by atoms with Crippen LogP contribution in [0, 0.1) is 0 Å². The minimum absolute atomic E-state index is 0.423. The number of rotatable bonds is 4. The first-order valence-electron chi connectivity index (χ1n) is 6.45. The van der Waals surface area contributed by atoms with Gasteiger partial charge in [0.25, 0.3) is 0 Å². The average molecular weight is 285 g/mol. The summed E-state index contributed by atoms with van der Waals surface area (Å²) in [5, 5.41) is 17.6. The number of anilines is 1. The molecule has 2 aromatic heterocycles. The number of nitrogens with one attached hydrogen (secondary N) is 1. The second kappa shape index (κ2) is 5.56. The van der Waals surface area contributed by atoms with Crippen molar-refractivity contribution >= 4 is 28.1 Å². The van der Waals surface area contributed by atoms with Gasteiger partial charge in [0.1, 0.15) is 5.82 Å². The highest BCUT2D eigenvalue weighted by atomic mass is 32.1. The maximum Gasteiger partial charge on any atom is 0.162 e. The van der Waals surface area contributed by atoms with Gasteiger partial charge in [0.05, 0.1) is 11.6 Å². The Morgan fingerprint density at radius 1 is 1.25 bits per heavy atom. The zero-order valence-corrected chi connectivity index (χ0v) is 11.9. The molecule has 0 amide bonds. The summed E-state index contributed by atoms with van der Waals surface area (Å²) in [4.78, 5) is 9.19. The van der Waals surface area contributed by atoms with Gasteiger partial charge in [-0.15, -0.1) is 0 Å². The molecular formula is C15H15N3OS. The Labute approximate surface area is 121 Å². The van der Waals surface area contributed by atoms with Crippen LogP contribution in [0.3, 0.4) is 0 Å². The number of aliphatic hydroxyl groups is 1. The van der Waals surface area contributed by atoms with Gasteiger partial charge in [0.2, 0.25) is 0 Å². The molecule has 2 heterocycles. The molecule has 5 heteroatoms. The van der Waals surface area contributed by atoms with Gasteiger partial charge < -0.3 is 10.4 Å². The number of aliphatic hydroxyl groups excluding tert-OH is 1. The number of hydrogen-bond acceptors (Lipinski definition) is 5. The van der Waals surface area contributed by atoms with E-state index < -0.39 is 6.10 Å². The van der Waals surface area contributed by atoms with Gasteiger partial charge >= 0.3 is 0 Å². The molecule has 0 saturated heterocycles. The van der Waals surface area contributed by atoms with E-state index in [-0.39, 0.29) is 0 Å². The number of thiophene rings is 1. The van der Waals surface area contributed by atoms with E-state index in [2.05, 4.69) is 15.3 Å². The van der Waals surface area contributed by atoms with Crippen molar-refractivity contribution in [1.29, 1.82) is 0 Å². The lowest BCUT2D eigenvalue weighted by Gasteiger charge is -2.11. The molecular weight excluding hydrogens is 270 g/mol. The highest BCUT2D eigenvalue weighted by molar-refractivity contribution is 7.08. The minimum atomic E-state index is -0.423. The lowest BCUT2D eigenvalue weighted by Crippen LogP contribution is -2.16. The molecule has 0 fully saturated rings. The molecule has 2 N–H and O–H groups in total. The van der Waals surface area contributed by atoms with E-state index in [1.54, 1.807) is 18.3 Å². The third-order valence-electron chi connectivity index (χ3n) is 2.95. The predicted molar refractivity (Wildman–Crippen MR) is 83.0 cm³/mol. The van der Waals surface area contributed by atoms with E-state index in [0.29, 0.717) is 12.4 Å². The van der Waals surface area contributed by atoms with Crippen LogP contribution in [-0.2, 0) is 0 Å². The molecule has 3 rings (SSSR count). The first-order chi connectivity index (χ1) is 9.74. The molecule has 0 radical (unpaired) electrons. The maximum absolute atomic E-state index is 9.43. The monoisotopic (exact) mass is 285 g/mol. The van der Waals surface area contributed by atoms with Crippen LogP contribution < -0.4 is 5.32 Å². The summed E-state index contributed by atoms with van der Waals surface area (Å²) in [6.45, 7) is 2.21. The van der Waals surface area contributed by atoms with Crippen LogP contribution in [0.25, 0.3) is 22.3 Å². The maximum atomic E-state index is 9.43. The molecule has 1 aromatic carbocycles. The Balaban J connectivity index is 2.10. The van der Waals surface area contributed by atoms with E-state index in [1.807, 2.05) is 41.1 Å². The van der Waals surface area contributed by atoms with E-state index >= 15 is 0 Å². The van der Waals surface area contributed by atoms with Gasteiger partial charge in [-0.05, 0) is 30.5 Å². The van der Waals surface area contributed by atoms with Gasteiger partial charge in [-0.2, -0.15) is 11.3 Å². The molecule has 3 aromatic rings. The summed E-state index contributed by atoms with van der Waals surface area (Å²) < 4.78 is 0. The van der Waals surface area contributed by atoms with E-state index in [0.717, 1.165) is 22.3 Å². The molecule has 4 nitrogen and oxygen atoms in total. The third-order valence-corrected chi connectivity index (χ3v) is 3.63. The Kier molecular flexibility index (Phi) is 3.62. The molecule has 0 bridgehead atoms. The summed E-state index contributed by atoms with van der Waals surface area (Å²) in [7, 11) is 0. The standard InChI is InChI=1S/C15H15N3OS/c1-10(19)8-16-15-12-4-2-3-5-13(12)17-14(18-15)11-6-7-20-9-11/h2-7,9-10,19H,8H2,1H3,(H,16,17,18). The van der Waals surface area contributed by atoms with Crippen LogP contribution in [0.15, 0.2) is 41.1 Å². The van der Waals surface area contributed by atoms with Crippen molar-refractivity contribution < 1.29 is 5.11 Å². The second-order valence-electron chi connectivity index (χ2n) is 4.65. The van der Waals surface area contributed by atoms with Crippen molar-refractivity contribution in [2.45, 2.75) is 13.0 Å². The summed E-state index contributed by atoms with van der Waals surface area (Å²) in [6, 6.07) is 9.89. The van der Waals surface area contributed by atoms with Gasteiger partial charge in [-0.1, -0.05) is 12.1 Å². The van der Waals surface area contributed by atoms with Crippen molar-refractivity contribution in [2.24, 2.45) is 0 Å². The van der Waals surface area contributed by atoms with Crippen LogP contribution in [0.2, 0.25) is 0 Å². The highest BCUT2D eigenvalue weighted by Crippen LogP contribution is 2.25. The Bertz CT molecular complexity index is 710. The molecule has 102 valence electrons. The van der Waals surface area contributed by atoms with Gasteiger partial charge in [0.15, 0.2) is 5.82 Å². The van der Waals surface area contributed by atoms with Crippen molar-refractivity contribution in [3.63, 3.8) is 0 Å². The molecule has 0 aliphatic carbocycles. The van der Waals surface area contributed by atoms with Crippen molar-refractivity contribution in [3.05, 3.63) is 41.1 Å². The molecule has 20 heavy (non-hydrogen) atoms. The summed E-state index contributed by atoms with van der Waals surface area (Å²) >= 11 is 1.62. The number of benzene rings is 1. The van der Waals surface area contributed by atoms with E-state index in [1.165, 1.54) is 0 Å². The average Bonchev–Trinajstić information content (AvgIpc) is 2.98. The molecule has 1 atom stereocenters. The summed E-state index contributed by atoms with van der Waals surface area (Å²) in [5.74, 6) is 1.47. The zero-order chi connectivity index (χ0) is 13.9. The number of para-hydroxylation sites is 1. The Morgan fingerprint density at radius 2 is 2.10 bits per heavy atom. The quantitative estimate of drug-likeness (QED) is 0.773. The fourth-order valence-corrected chi connectivity index (χ4v) is 2.61. The van der Waals surface area contributed by atoms with Crippen LogP contribution in [0.1, 0.15) is 6.92 Å². The largest absolute Gasteiger partial charge is 0.392 e. The van der Waals surface area contributed by atoms with Crippen LogP contribution in [-0.4, -0.2) is 27.7 Å². The topological polar surface area (TPSA) is 58.0 Å². The zero-order valence-electron chi connectivity index (χ0n) is 11.1. The van der Waals surface area contributed by atoms with Gasteiger partial charge in [0, 0.05) is 22.9 Å². The molecule has 0 aliphatic rings. The molecule has 1 unspecified atom stereocenters. The van der Waals surface area contributed by atoms with Crippen LogP contribution >= 0.6 is 11.3 Å². The number of fused-ring (bicyclic) bond motifs is 1. The predicted octanol–water partition coefficient (Wildman–Crippen LogP) is 3.15. The van der Waals surface area contributed by atoms with E-state index in [9.17, 15) is 5.11 Å². The third kappa shape index (κ3) is 2.64. The van der Waals surface area contributed by atoms with Crippen molar-refractivity contribution in [1.82, 2.24) is 9.97 Å². The van der Waals surface area contributed by atoms with E-state index in [4.69, 9.17) is 0 Å². The second-order valence-corrected chi connectivity index (χ2v) is 5.43. The summed E-state index contributed by atoms with van der Waals surface area (Å²) in [6.07, 6.45) is -0.423. The minimum Gasteiger partial charge on any atom is -0.392 e. The first kappa shape index (κ1) is 13.0. The summed E-state index contributed by atoms with van der Waals surface area (Å²) in [5.41, 5.74) is 1.91. The molecule has 0 spiro atoms. The normalized spacial score (nSPS) is 12.5. The number of aromatic nitrogens is 2. The molecule has 0 aliphatic heterocycles. The Morgan fingerprint density at radius 3 is 2.85 bits per heavy atom. The van der Waals surface area contributed by atoms with Gasteiger partial charge in [-0.25, -0.2) is 9.97 Å². The van der Waals surface area contributed by atoms with Crippen molar-refractivity contribution in [3.8, 4) is 11.4 Å².